The minimum atomic E-state index is -0.676. The van der Waals surface area contributed by atoms with E-state index in [4.69, 9.17) is 4.42 Å². The van der Waals surface area contributed by atoms with Gasteiger partial charge in [-0.1, -0.05) is 0 Å². The first-order chi connectivity index (χ1) is 7.65. The first-order valence-electron chi connectivity index (χ1n) is 4.13. The Bertz CT molecular complexity index is 591. The molecule has 2 heterocycles. The number of nitrogens with zero attached hydrogens (tertiary/aromatic N) is 2. The van der Waals surface area contributed by atoms with Gasteiger partial charge in [0, 0.05) is 6.08 Å². The van der Waals surface area contributed by atoms with Gasteiger partial charge in [0.05, 0.1) is 6.07 Å². The fraction of sp³-hybridized carbons (Fsp3) is 0. The van der Waals surface area contributed by atoms with E-state index in [1.54, 1.807) is 0 Å². The number of hydrogen-bond donors (Lipinski definition) is 1. The van der Waals surface area contributed by atoms with Crippen LogP contribution in [0.2, 0.25) is 0 Å². The van der Waals surface area contributed by atoms with Crippen molar-refractivity contribution in [3.8, 4) is 0 Å². The molecule has 0 saturated heterocycles. The molecule has 2 aromatic heterocycles. The zero-order valence-electron chi connectivity index (χ0n) is 7.75. The van der Waals surface area contributed by atoms with Gasteiger partial charge in [-0.05, 0) is 12.1 Å². The van der Waals surface area contributed by atoms with Crippen molar-refractivity contribution in [1.29, 1.82) is 0 Å². The summed E-state index contributed by atoms with van der Waals surface area (Å²) < 4.78 is 9.40. The molecule has 0 saturated carbocycles. The van der Waals surface area contributed by atoms with Gasteiger partial charge in [0.25, 0.3) is 0 Å². The van der Waals surface area contributed by atoms with E-state index in [2.05, 4.69) is 14.6 Å². The summed E-state index contributed by atoms with van der Waals surface area (Å²) in [7, 11) is 0. The maximum atomic E-state index is 10.6. The third-order valence-electron chi connectivity index (χ3n) is 1.64. The van der Waals surface area contributed by atoms with Crippen LogP contribution < -0.4 is 5.76 Å². The second-order valence-corrected chi connectivity index (χ2v) is 2.72. The maximum Gasteiger partial charge on any atom is 0.434 e. The van der Waals surface area contributed by atoms with E-state index in [-0.39, 0.29) is 17.5 Å². The summed E-state index contributed by atoms with van der Waals surface area (Å²) in [5.41, 5.74) is 0. The molecule has 0 unspecified atom stereocenters. The molecule has 0 bridgehead atoms. The first kappa shape index (κ1) is 9.90. The summed E-state index contributed by atoms with van der Waals surface area (Å²) in [5.74, 6) is -0.713. The van der Waals surface area contributed by atoms with Crippen LogP contribution in [0.3, 0.4) is 0 Å². The summed E-state index contributed by atoms with van der Waals surface area (Å²) in [6, 6.07) is 2.64. The lowest BCUT2D eigenvalue weighted by Gasteiger charge is -1.82. The number of aromatic nitrogens is 2. The number of nitrogens with one attached hydrogen (secondary N) is 1. The summed E-state index contributed by atoms with van der Waals surface area (Å²) >= 11 is 0. The van der Waals surface area contributed by atoms with Gasteiger partial charge >= 0.3 is 11.6 Å². The van der Waals surface area contributed by atoms with E-state index >= 15 is 0 Å². The van der Waals surface area contributed by atoms with Gasteiger partial charge in [-0.25, -0.2) is 9.89 Å². The highest BCUT2D eigenvalue weighted by Gasteiger charge is 2.09. The van der Waals surface area contributed by atoms with Crippen molar-refractivity contribution in [2.24, 2.45) is 0 Å². The van der Waals surface area contributed by atoms with Crippen molar-refractivity contribution < 1.29 is 13.8 Å². The Morgan fingerprint density at radius 2 is 2.19 bits per heavy atom. The third-order valence-corrected chi connectivity index (χ3v) is 1.64. The van der Waals surface area contributed by atoms with Gasteiger partial charge in [-0.2, -0.15) is 0 Å². The molecule has 0 aliphatic carbocycles. The average Bonchev–Trinajstić information content (AvgIpc) is 2.83. The van der Waals surface area contributed by atoms with E-state index in [0.717, 1.165) is 0 Å². The molecule has 1 N–H and O–H groups in total. The Labute approximate surface area is 87.3 Å². The van der Waals surface area contributed by atoms with Crippen LogP contribution in [0.4, 0.5) is 5.88 Å². The highest BCUT2D eigenvalue weighted by molar-refractivity contribution is 5.63. The van der Waals surface area contributed by atoms with Gasteiger partial charge in [0.15, 0.2) is 0 Å². The maximum absolute atomic E-state index is 10.6. The summed E-state index contributed by atoms with van der Waals surface area (Å²) in [6.45, 7) is 0. The quantitative estimate of drug-likeness (QED) is 0.613. The molecule has 0 fully saturated rings. The van der Waals surface area contributed by atoms with Crippen molar-refractivity contribution in [2.75, 3.05) is 0 Å². The number of nitro groups is 1. The van der Waals surface area contributed by atoms with E-state index in [1.807, 2.05) is 0 Å². The Balaban J connectivity index is 2.17. The van der Waals surface area contributed by atoms with Crippen LogP contribution in [-0.4, -0.2) is 15.1 Å². The second-order valence-electron chi connectivity index (χ2n) is 2.72. The third kappa shape index (κ3) is 2.05. The largest absolute Gasteiger partial charge is 0.434 e. The number of rotatable bonds is 3. The van der Waals surface area contributed by atoms with Crippen LogP contribution in [-0.2, 0) is 0 Å². The lowest BCUT2D eigenvalue weighted by atomic mass is 10.4. The SMILES string of the molecule is O=c1[nH]nc(C=Cc2ccc([N+](=O)[O-])o2)o1. The summed E-state index contributed by atoms with van der Waals surface area (Å²) in [5, 5.41) is 15.9. The van der Waals surface area contributed by atoms with Gasteiger partial charge in [0.1, 0.15) is 10.7 Å². The molecule has 0 aliphatic rings. The number of aromatic amines is 1. The van der Waals surface area contributed by atoms with Crippen molar-refractivity contribution in [1.82, 2.24) is 10.2 Å². The Morgan fingerprint density at radius 3 is 2.75 bits per heavy atom. The Morgan fingerprint density at radius 1 is 1.38 bits per heavy atom. The molecule has 2 aromatic rings. The lowest BCUT2D eigenvalue weighted by Crippen LogP contribution is -1.93. The molecule has 0 aliphatic heterocycles. The molecule has 2 rings (SSSR count). The van der Waals surface area contributed by atoms with Crippen molar-refractivity contribution >= 4 is 18.0 Å². The van der Waals surface area contributed by atoms with Crippen molar-refractivity contribution in [3.05, 3.63) is 44.4 Å². The number of furan rings is 1. The standard InChI is InChI=1S/C8H5N3O5/c12-8-10-9-6(16-8)3-1-5-2-4-7(15-5)11(13)14/h1-4H,(H,10,12). The second kappa shape index (κ2) is 3.85. The Kier molecular flexibility index (Phi) is 2.38. The first-order valence-corrected chi connectivity index (χ1v) is 4.13. The van der Waals surface area contributed by atoms with Crippen LogP contribution in [0.1, 0.15) is 11.7 Å². The topological polar surface area (TPSA) is 115 Å². The minimum absolute atomic E-state index is 0.0593. The molecule has 0 amide bonds. The van der Waals surface area contributed by atoms with Gasteiger partial charge in [0.2, 0.25) is 5.89 Å². The van der Waals surface area contributed by atoms with E-state index in [1.165, 1.54) is 24.3 Å². The molecule has 8 heteroatoms. The van der Waals surface area contributed by atoms with Gasteiger partial charge in [-0.15, -0.1) is 5.10 Å². The highest BCUT2D eigenvalue weighted by Crippen LogP contribution is 2.17. The zero-order valence-corrected chi connectivity index (χ0v) is 7.75. The molecule has 0 aromatic carbocycles. The average molecular weight is 223 g/mol. The summed E-state index contributed by atoms with van der Waals surface area (Å²) in [4.78, 5) is 20.2. The fourth-order valence-corrected chi connectivity index (χ4v) is 0.996. The zero-order chi connectivity index (χ0) is 11.5. The molecule has 0 spiro atoms. The van der Waals surface area contributed by atoms with Crippen LogP contribution in [0.25, 0.3) is 12.2 Å². The highest BCUT2D eigenvalue weighted by atomic mass is 16.6. The molecule has 8 nitrogen and oxygen atoms in total. The van der Waals surface area contributed by atoms with Gasteiger partial charge in [-0.3, -0.25) is 10.1 Å². The van der Waals surface area contributed by atoms with E-state index in [0.29, 0.717) is 0 Å². The fourth-order valence-electron chi connectivity index (χ4n) is 0.996. The lowest BCUT2D eigenvalue weighted by molar-refractivity contribution is -0.402. The molecule has 16 heavy (non-hydrogen) atoms. The smallest absolute Gasteiger partial charge is 0.401 e. The van der Waals surface area contributed by atoms with Crippen molar-refractivity contribution in [3.63, 3.8) is 0 Å². The van der Waals surface area contributed by atoms with E-state index < -0.39 is 10.7 Å². The van der Waals surface area contributed by atoms with Crippen LogP contribution in [0, 0.1) is 10.1 Å². The minimum Gasteiger partial charge on any atom is -0.401 e. The number of hydrogen-bond acceptors (Lipinski definition) is 6. The molecular weight excluding hydrogens is 218 g/mol. The monoisotopic (exact) mass is 223 g/mol. The molecular formula is C8H5N3O5. The molecule has 0 radical (unpaired) electrons. The predicted molar refractivity (Wildman–Crippen MR) is 51.4 cm³/mol. The summed E-state index contributed by atoms with van der Waals surface area (Å²) in [6.07, 6.45) is 2.74. The van der Waals surface area contributed by atoms with E-state index in [9.17, 15) is 14.9 Å². The van der Waals surface area contributed by atoms with Crippen LogP contribution in [0.5, 0.6) is 0 Å². The number of H-pyrrole nitrogens is 1. The van der Waals surface area contributed by atoms with Crippen LogP contribution >= 0.6 is 0 Å². The molecule has 0 atom stereocenters. The Hall–Kier alpha value is -2.64. The van der Waals surface area contributed by atoms with Crippen LogP contribution in [0.15, 0.2) is 25.8 Å². The molecule has 82 valence electrons. The predicted octanol–water partition coefficient (Wildman–Crippen LogP) is 1.03. The van der Waals surface area contributed by atoms with Gasteiger partial charge < -0.3 is 8.83 Å². The normalized spacial score (nSPS) is 11.0. The van der Waals surface area contributed by atoms with Crippen molar-refractivity contribution in [2.45, 2.75) is 0 Å².